The van der Waals surface area contributed by atoms with Crippen molar-refractivity contribution in [1.82, 2.24) is 0 Å². The van der Waals surface area contributed by atoms with E-state index in [1.807, 2.05) is 27.7 Å². The molecule has 1 unspecified atom stereocenters. The average molecular weight is 299 g/mol. The van der Waals surface area contributed by atoms with E-state index in [0.29, 0.717) is 24.9 Å². The molecule has 1 aromatic carbocycles. The van der Waals surface area contributed by atoms with Crippen LogP contribution >= 0.6 is 0 Å². The Morgan fingerprint density at radius 3 is 2.24 bits per heavy atom. The number of ether oxygens (including phenoxy) is 2. The lowest BCUT2D eigenvalue weighted by atomic mass is 9.97. The third kappa shape index (κ3) is 3.52. The van der Waals surface area contributed by atoms with Crippen LogP contribution in [0.5, 0.6) is 5.75 Å². The van der Waals surface area contributed by atoms with E-state index in [2.05, 4.69) is 0 Å². The summed E-state index contributed by atoms with van der Waals surface area (Å²) in [6.07, 6.45) is 0.597. The lowest BCUT2D eigenvalue weighted by Gasteiger charge is -2.27. The number of rotatable bonds is 4. The fraction of sp³-hybridized carbons (Fsp3) is 0.625. The van der Waals surface area contributed by atoms with Crippen LogP contribution in [0.2, 0.25) is 0 Å². The summed E-state index contributed by atoms with van der Waals surface area (Å²) in [5, 5.41) is 0. The summed E-state index contributed by atoms with van der Waals surface area (Å²) in [5.41, 5.74) is 4.96. The van der Waals surface area contributed by atoms with Crippen LogP contribution in [0.15, 0.2) is 12.1 Å². The van der Waals surface area contributed by atoms with E-state index in [4.69, 9.17) is 15.2 Å². The highest BCUT2D eigenvalue weighted by Gasteiger charge is 2.48. The molecule has 1 atom stereocenters. The van der Waals surface area contributed by atoms with Gasteiger partial charge in [0.25, 0.3) is 0 Å². The first kappa shape index (κ1) is 16.2. The maximum absolute atomic E-state index is 14.1. The van der Waals surface area contributed by atoms with Gasteiger partial charge in [-0.1, -0.05) is 0 Å². The summed E-state index contributed by atoms with van der Waals surface area (Å²) in [6, 6.07) is 2.55. The zero-order chi connectivity index (χ0) is 15.8. The zero-order valence-electron chi connectivity index (χ0n) is 13.0. The Morgan fingerprint density at radius 2 is 1.81 bits per heavy atom. The van der Waals surface area contributed by atoms with Gasteiger partial charge in [0.05, 0.1) is 5.60 Å². The predicted molar refractivity (Wildman–Crippen MR) is 77.4 cm³/mol. The fourth-order valence-corrected chi connectivity index (χ4v) is 2.87. The van der Waals surface area contributed by atoms with E-state index in [1.54, 1.807) is 0 Å². The highest BCUT2D eigenvalue weighted by atomic mass is 19.1. The van der Waals surface area contributed by atoms with Crippen LogP contribution < -0.4 is 10.5 Å². The van der Waals surface area contributed by atoms with Crippen LogP contribution in [0.1, 0.15) is 39.7 Å². The Morgan fingerprint density at radius 1 is 1.24 bits per heavy atom. The Balaban J connectivity index is 2.24. The second kappa shape index (κ2) is 5.54. The highest BCUT2D eigenvalue weighted by Crippen LogP contribution is 2.40. The monoisotopic (exact) mass is 299 g/mol. The predicted octanol–water partition coefficient (Wildman–Crippen LogP) is 3.19. The Labute approximate surface area is 124 Å². The van der Waals surface area contributed by atoms with E-state index >= 15 is 0 Å². The first-order valence-electron chi connectivity index (χ1n) is 7.19. The zero-order valence-corrected chi connectivity index (χ0v) is 13.0. The van der Waals surface area contributed by atoms with Crippen LogP contribution in [-0.4, -0.2) is 23.9 Å². The number of halogens is 2. The van der Waals surface area contributed by atoms with Crippen molar-refractivity contribution >= 4 is 0 Å². The van der Waals surface area contributed by atoms with Gasteiger partial charge in [-0.3, -0.25) is 0 Å². The summed E-state index contributed by atoms with van der Waals surface area (Å²) in [4.78, 5) is 0. The van der Waals surface area contributed by atoms with E-state index in [9.17, 15) is 8.78 Å². The Hall–Kier alpha value is -1.20. The van der Waals surface area contributed by atoms with Gasteiger partial charge in [0.2, 0.25) is 0 Å². The van der Waals surface area contributed by atoms with Crippen molar-refractivity contribution in [2.45, 2.75) is 57.8 Å². The largest absolute Gasteiger partial charge is 0.481 e. The fourth-order valence-electron chi connectivity index (χ4n) is 2.87. The molecule has 0 bridgehead atoms. The molecule has 2 rings (SSSR count). The Bertz CT molecular complexity index is 506. The van der Waals surface area contributed by atoms with Gasteiger partial charge < -0.3 is 15.2 Å². The number of hydrogen-bond acceptors (Lipinski definition) is 3. The molecule has 2 N–H and O–H groups in total. The third-order valence-corrected chi connectivity index (χ3v) is 3.74. The van der Waals surface area contributed by atoms with Gasteiger partial charge in [0, 0.05) is 6.42 Å². The number of hydrogen-bond donors (Lipinski definition) is 1. The quantitative estimate of drug-likeness (QED) is 0.928. The molecule has 0 radical (unpaired) electrons. The van der Waals surface area contributed by atoms with Crippen molar-refractivity contribution in [2.75, 3.05) is 6.54 Å². The molecule has 1 aromatic rings. The highest BCUT2D eigenvalue weighted by molar-refractivity contribution is 5.32. The minimum atomic E-state index is -0.695. The number of benzene rings is 1. The molecule has 1 aliphatic rings. The lowest BCUT2D eigenvalue weighted by molar-refractivity contribution is -0.0852. The van der Waals surface area contributed by atoms with Gasteiger partial charge in [-0.25, -0.2) is 8.78 Å². The molecule has 3 nitrogen and oxygen atoms in total. The SMILES string of the molecule is CC1(C)CC(Oc2c(F)cc(CCN)cc2F)C(C)(C)O1. The van der Waals surface area contributed by atoms with Crippen LogP contribution in [0, 0.1) is 11.6 Å². The molecular weight excluding hydrogens is 276 g/mol. The van der Waals surface area contributed by atoms with Crippen LogP contribution in [0.4, 0.5) is 8.78 Å². The van der Waals surface area contributed by atoms with E-state index in [0.717, 1.165) is 0 Å². The minimum Gasteiger partial charge on any atom is -0.481 e. The van der Waals surface area contributed by atoms with E-state index < -0.39 is 23.3 Å². The van der Waals surface area contributed by atoms with Gasteiger partial charge in [0.15, 0.2) is 17.4 Å². The second-order valence-corrected chi connectivity index (χ2v) is 6.70. The van der Waals surface area contributed by atoms with Crippen LogP contribution in [0.3, 0.4) is 0 Å². The second-order valence-electron chi connectivity index (χ2n) is 6.70. The molecular formula is C16H23F2NO2. The summed E-state index contributed by atoms with van der Waals surface area (Å²) < 4.78 is 39.7. The molecule has 0 saturated carbocycles. The number of nitrogens with two attached hydrogens (primary N) is 1. The summed E-state index contributed by atoms with van der Waals surface area (Å²) in [5.74, 6) is -1.73. The van der Waals surface area contributed by atoms with Gasteiger partial charge in [0.1, 0.15) is 11.7 Å². The van der Waals surface area contributed by atoms with E-state index in [-0.39, 0.29) is 11.4 Å². The molecule has 1 heterocycles. The lowest BCUT2D eigenvalue weighted by Crippen LogP contribution is -2.37. The van der Waals surface area contributed by atoms with Gasteiger partial charge in [-0.05, 0) is 58.4 Å². The Kier molecular flexibility index (Phi) is 4.26. The smallest absolute Gasteiger partial charge is 0.191 e. The average Bonchev–Trinajstić information content (AvgIpc) is 2.52. The van der Waals surface area contributed by atoms with Crippen molar-refractivity contribution in [2.24, 2.45) is 5.73 Å². The summed E-state index contributed by atoms with van der Waals surface area (Å²) in [7, 11) is 0. The molecule has 1 saturated heterocycles. The van der Waals surface area contributed by atoms with Crippen molar-refractivity contribution in [3.8, 4) is 5.75 Å². The molecule has 0 amide bonds. The molecule has 1 aliphatic heterocycles. The van der Waals surface area contributed by atoms with Crippen molar-refractivity contribution < 1.29 is 18.3 Å². The molecule has 0 aromatic heterocycles. The normalized spacial score (nSPS) is 23.3. The molecule has 1 fully saturated rings. The molecule has 21 heavy (non-hydrogen) atoms. The first-order chi connectivity index (χ1) is 9.64. The van der Waals surface area contributed by atoms with Gasteiger partial charge in [-0.15, -0.1) is 0 Å². The molecule has 5 heteroatoms. The first-order valence-corrected chi connectivity index (χ1v) is 7.19. The van der Waals surface area contributed by atoms with Crippen molar-refractivity contribution in [1.29, 1.82) is 0 Å². The molecule has 118 valence electrons. The molecule has 0 spiro atoms. The van der Waals surface area contributed by atoms with E-state index in [1.165, 1.54) is 12.1 Å². The maximum Gasteiger partial charge on any atom is 0.191 e. The van der Waals surface area contributed by atoms with Crippen molar-refractivity contribution in [3.05, 3.63) is 29.3 Å². The topological polar surface area (TPSA) is 44.5 Å². The standard InChI is InChI=1S/C16H23F2NO2/c1-15(2)9-13(16(3,4)21-15)20-14-11(17)7-10(5-6-19)8-12(14)18/h7-8,13H,5-6,9,19H2,1-4H3. The van der Waals surface area contributed by atoms with Gasteiger partial charge >= 0.3 is 0 Å². The minimum absolute atomic E-state index is 0.338. The summed E-state index contributed by atoms with van der Waals surface area (Å²) >= 11 is 0. The maximum atomic E-state index is 14.1. The molecule has 0 aliphatic carbocycles. The van der Waals surface area contributed by atoms with Gasteiger partial charge in [-0.2, -0.15) is 0 Å². The third-order valence-electron chi connectivity index (χ3n) is 3.74. The van der Waals surface area contributed by atoms with Crippen LogP contribution in [-0.2, 0) is 11.2 Å². The summed E-state index contributed by atoms with van der Waals surface area (Å²) in [6.45, 7) is 7.96. The van der Waals surface area contributed by atoms with Crippen molar-refractivity contribution in [3.63, 3.8) is 0 Å². The van der Waals surface area contributed by atoms with Crippen LogP contribution in [0.25, 0.3) is 0 Å².